The zero-order valence-electron chi connectivity index (χ0n) is 13.0. The lowest BCUT2D eigenvalue weighted by molar-refractivity contribution is 0.312. The van der Waals surface area contributed by atoms with Crippen molar-refractivity contribution in [3.05, 3.63) is 29.8 Å². The quantitative estimate of drug-likeness (QED) is 0.878. The van der Waals surface area contributed by atoms with Crippen molar-refractivity contribution >= 4 is 10.0 Å². The molecule has 1 unspecified atom stereocenters. The Labute approximate surface area is 128 Å². The first-order chi connectivity index (χ1) is 10.0. The van der Waals surface area contributed by atoms with Gasteiger partial charge in [0.1, 0.15) is 0 Å². The second-order valence-electron chi connectivity index (χ2n) is 5.83. The summed E-state index contributed by atoms with van der Waals surface area (Å²) in [6, 6.07) is 7.47. The maximum atomic E-state index is 12.8. The normalized spacial score (nSPS) is 19.9. The van der Waals surface area contributed by atoms with Crippen molar-refractivity contribution in [2.45, 2.75) is 50.5 Å². The maximum Gasteiger partial charge on any atom is 0.243 e. The van der Waals surface area contributed by atoms with E-state index in [4.69, 9.17) is 0 Å². The van der Waals surface area contributed by atoms with Gasteiger partial charge in [-0.1, -0.05) is 25.5 Å². The van der Waals surface area contributed by atoms with Crippen molar-refractivity contribution in [2.24, 2.45) is 0 Å². The Hall–Kier alpha value is -0.910. The van der Waals surface area contributed by atoms with Gasteiger partial charge >= 0.3 is 0 Å². The molecule has 1 aliphatic rings. The van der Waals surface area contributed by atoms with Crippen LogP contribution in [0.2, 0.25) is 0 Å². The highest BCUT2D eigenvalue weighted by Gasteiger charge is 2.27. The van der Waals surface area contributed by atoms with Gasteiger partial charge in [-0.3, -0.25) is 0 Å². The first-order valence-electron chi connectivity index (χ1n) is 7.84. The van der Waals surface area contributed by atoms with Gasteiger partial charge < -0.3 is 5.32 Å². The fourth-order valence-electron chi connectivity index (χ4n) is 2.81. The van der Waals surface area contributed by atoms with Crippen LogP contribution in [0.4, 0.5) is 0 Å². The lowest BCUT2D eigenvalue weighted by Gasteiger charge is -2.30. The number of benzene rings is 1. The third kappa shape index (κ3) is 4.28. The van der Waals surface area contributed by atoms with Crippen molar-refractivity contribution in [3.8, 4) is 0 Å². The molecular weight excluding hydrogens is 284 g/mol. The zero-order chi connectivity index (χ0) is 15.3. The van der Waals surface area contributed by atoms with E-state index in [9.17, 15) is 8.42 Å². The van der Waals surface area contributed by atoms with E-state index in [1.165, 1.54) is 12.8 Å². The Kier molecular flexibility index (Phi) is 5.79. The van der Waals surface area contributed by atoms with Gasteiger partial charge in [-0.2, -0.15) is 4.31 Å². The predicted molar refractivity (Wildman–Crippen MR) is 85.9 cm³/mol. The van der Waals surface area contributed by atoms with Gasteiger partial charge in [-0.05, 0) is 50.4 Å². The molecule has 0 bridgehead atoms. The molecule has 118 valence electrons. The third-order valence-electron chi connectivity index (χ3n) is 3.94. The van der Waals surface area contributed by atoms with Crippen LogP contribution in [0.3, 0.4) is 0 Å². The molecule has 0 spiro atoms. The average Bonchev–Trinajstić information content (AvgIpc) is 2.48. The van der Waals surface area contributed by atoms with E-state index in [-0.39, 0.29) is 6.04 Å². The molecule has 0 aromatic heterocycles. The van der Waals surface area contributed by atoms with Crippen molar-refractivity contribution < 1.29 is 8.42 Å². The summed E-state index contributed by atoms with van der Waals surface area (Å²) in [7, 11) is -3.39. The van der Waals surface area contributed by atoms with E-state index in [1.807, 2.05) is 26.0 Å². The molecular formula is C16H26N2O2S. The van der Waals surface area contributed by atoms with Crippen LogP contribution in [0, 0.1) is 6.92 Å². The number of nitrogens with zero attached hydrogens (tertiary/aromatic N) is 1. The number of aryl methyl sites for hydroxylation is 1. The lowest BCUT2D eigenvalue weighted by Crippen LogP contribution is -2.46. The molecule has 1 aromatic carbocycles. The fraction of sp³-hybridized carbons (Fsp3) is 0.625. The summed E-state index contributed by atoms with van der Waals surface area (Å²) in [5.74, 6) is 0. The average molecular weight is 310 g/mol. The van der Waals surface area contributed by atoms with Crippen molar-refractivity contribution in [1.29, 1.82) is 0 Å². The first kappa shape index (κ1) is 16.5. The molecule has 0 radical (unpaired) electrons. The van der Waals surface area contributed by atoms with E-state index in [0.717, 1.165) is 24.9 Å². The lowest BCUT2D eigenvalue weighted by atomic mass is 10.1. The fourth-order valence-corrected chi connectivity index (χ4v) is 4.49. The number of rotatable bonds is 6. The SMILES string of the molecule is CCCN(CC1CCCCN1)S(=O)(=O)c1cccc(C)c1. The Balaban J connectivity index is 2.19. The first-order valence-corrected chi connectivity index (χ1v) is 9.28. The zero-order valence-corrected chi connectivity index (χ0v) is 13.8. The highest BCUT2D eigenvalue weighted by molar-refractivity contribution is 7.89. The van der Waals surface area contributed by atoms with Gasteiger partial charge in [0, 0.05) is 19.1 Å². The molecule has 1 aromatic rings. The van der Waals surface area contributed by atoms with E-state index < -0.39 is 10.0 Å². The number of sulfonamides is 1. The summed E-state index contributed by atoms with van der Waals surface area (Å²) in [5, 5.41) is 3.44. The predicted octanol–water partition coefficient (Wildman–Crippen LogP) is 2.54. The van der Waals surface area contributed by atoms with E-state index >= 15 is 0 Å². The molecule has 1 atom stereocenters. The van der Waals surface area contributed by atoms with Crippen LogP contribution in [-0.4, -0.2) is 38.4 Å². The van der Waals surface area contributed by atoms with Crippen molar-refractivity contribution in [2.75, 3.05) is 19.6 Å². The second kappa shape index (κ2) is 7.38. The summed E-state index contributed by atoms with van der Waals surface area (Å²) in [5.41, 5.74) is 0.975. The van der Waals surface area contributed by atoms with Gasteiger partial charge in [-0.25, -0.2) is 8.42 Å². The van der Waals surface area contributed by atoms with Gasteiger partial charge in [0.25, 0.3) is 0 Å². The summed E-state index contributed by atoms with van der Waals surface area (Å²) in [4.78, 5) is 0.409. The standard InChI is InChI=1S/C16H26N2O2S/c1-3-11-18(13-15-8-4-5-10-17-15)21(19,20)16-9-6-7-14(2)12-16/h6-7,9,12,15,17H,3-5,8,10-11,13H2,1-2H3. The van der Waals surface area contributed by atoms with Crippen LogP contribution in [0.15, 0.2) is 29.2 Å². The van der Waals surface area contributed by atoms with Gasteiger partial charge in [0.15, 0.2) is 0 Å². The Bertz CT molecular complexity index is 551. The van der Waals surface area contributed by atoms with Gasteiger partial charge in [-0.15, -0.1) is 0 Å². The van der Waals surface area contributed by atoms with Crippen LogP contribution in [0.5, 0.6) is 0 Å². The number of hydrogen-bond acceptors (Lipinski definition) is 3. The molecule has 1 aliphatic heterocycles. The van der Waals surface area contributed by atoms with Crippen LogP contribution in [0.25, 0.3) is 0 Å². The van der Waals surface area contributed by atoms with Crippen LogP contribution >= 0.6 is 0 Å². The third-order valence-corrected chi connectivity index (χ3v) is 5.80. The summed E-state index contributed by atoms with van der Waals surface area (Å²) in [6.07, 6.45) is 4.26. The van der Waals surface area contributed by atoms with E-state index in [0.29, 0.717) is 18.0 Å². The molecule has 1 N–H and O–H groups in total. The van der Waals surface area contributed by atoms with Crippen LogP contribution in [0.1, 0.15) is 38.2 Å². The minimum Gasteiger partial charge on any atom is -0.313 e. The molecule has 4 nitrogen and oxygen atoms in total. The molecule has 0 saturated carbocycles. The molecule has 1 saturated heterocycles. The summed E-state index contributed by atoms with van der Waals surface area (Å²) >= 11 is 0. The van der Waals surface area contributed by atoms with Gasteiger partial charge in [0.2, 0.25) is 10.0 Å². The van der Waals surface area contributed by atoms with Gasteiger partial charge in [0.05, 0.1) is 4.90 Å². The number of hydrogen-bond donors (Lipinski definition) is 1. The molecule has 0 amide bonds. The van der Waals surface area contributed by atoms with E-state index in [2.05, 4.69) is 5.32 Å². The Morgan fingerprint density at radius 2 is 2.14 bits per heavy atom. The monoisotopic (exact) mass is 310 g/mol. The Morgan fingerprint density at radius 3 is 2.76 bits per heavy atom. The summed E-state index contributed by atoms with van der Waals surface area (Å²) in [6.45, 7) is 6.09. The van der Waals surface area contributed by atoms with E-state index in [1.54, 1.807) is 16.4 Å². The molecule has 0 aliphatic carbocycles. The molecule has 1 heterocycles. The highest BCUT2D eigenvalue weighted by atomic mass is 32.2. The highest BCUT2D eigenvalue weighted by Crippen LogP contribution is 2.19. The minimum atomic E-state index is -3.39. The summed E-state index contributed by atoms with van der Waals surface area (Å²) < 4.78 is 27.3. The molecule has 21 heavy (non-hydrogen) atoms. The Morgan fingerprint density at radius 1 is 1.33 bits per heavy atom. The van der Waals surface area contributed by atoms with Crippen LogP contribution < -0.4 is 5.32 Å². The molecule has 5 heteroatoms. The van der Waals surface area contributed by atoms with Crippen molar-refractivity contribution in [1.82, 2.24) is 9.62 Å². The largest absolute Gasteiger partial charge is 0.313 e. The number of piperidine rings is 1. The minimum absolute atomic E-state index is 0.282. The smallest absolute Gasteiger partial charge is 0.243 e. The topological polar surface area (TPSA) is 49.4 Å². The number of nitrogens with one attached hydrogen (secondary N) is 1. The van der Waals surface area contributed by atoms with Crippen molar-refractivity contribution in [3.63, 3.8) is 0 Å². The molecule has 2 rings (SSSR count). The van der Waals surface area contributed by atoms with Crippen LogP contribution in [-0.2, 0) is 10.0 Å². The maximum absolute atomic E-state index is 12.8. The molecule has 1 fully saturated rings. The second-order valence-corrected chi connectivity index (χ2v) is 7.76.